The molecule has 0 bridgehead atoms. The van der Waals surface area contributed by atoms with Crippen LogP contribution in [0.2, 0.25) is 0 Å². The number of hydrogen-bond donors (Lipinski definition) is 1. The number of rotatable bonds is 12. The van der Waals surface area contributed by atoms with Crippen molar-refractivity contribution in [3.63, 3.8) is 0 Å². The van der Waals surface area contributed by atoms with Crippen LogP contribution in [0.3, 0.4) is 0 Å². The number of nitrogens with zero attached hydrogens (tertiary/aromatic N) is 2. The third-order valence-corrected chi connectivity index (χ3v) is 4.43. The van der Waals surface area contributed by atoms with Gasteiger partial charge in [0.25, 0.3) is 0 Å². The molecule has 0 aromatic rings. The van der Waals surface area contributed by atoms with Crippen LogP contribution >= 0.6 is 0 Å². The Hall–Kier alpha value is -0.120. The molecule has 114 valence electrons. The summed E-state index contributed by atoms with van der Waals surface area (Å²) in [5.41, 5.74) is 0. The van der Waals surface area contributed by atoms with Gasteiger partial charge in [0, 0.05) is 18.6 Å². The van der Waals surface area contributed by atoms with Gasteiger partial charge in [0.2, 0.25) is 0 Å². The maximum Gasteiger partial charge on any atom is 0.0218 e. The fourth-order valence-electron chi connectivity index (χ4n) is 2.76. The molecule has 3 nitrogen and oxygen atoms in total. The first kappa shape index (κ1) is 16.9. The standard InChI is InChI=1S/C16H35N3/c1-5-16(14-17-15-10-11-15)19(8-4)13-9-12-18(6-2)7-3/h15-17H,5-14H2,1-4H3. The van der Waals surface area contributed by atoms with Crippen LogP contribution in [0.5, 0.6) is 0 Å². The lowest BCUT2D eigenvalue weighted by Crippen LogP contribution is -2.43. The summed E-state index contributed by atoms with van der Waals surface area (Å²) in [6.07, 6.45) is 5.35. The van der Waals surface area contributed by atoms with Crippen LogP contribution in [-0.4, -0.2) is 61.2 Å². The molecular weight excluding hydrogens is 234 g/mol. The monoisotopic (exact) mass is 269 g/mol. The van der Waals surface area contributed by atoms with Crippen molar-refractivity contribution in [1.29, 1.82) is 0 Å². The molecule has 1 unspecified atom stereocenters. The Labute approximate surface area is 120 Å². The minimum atomic E-state index is 0.724. The molecule has 19 heavy (non-hydrogen) atoms. The van der Waals surface area contributed by atoms with Crippen LogP contribution < -0.4 is 5.32 Å². The van der Waals surface area contributed by atoms with Crippen LogP contribution in [0, 0.1) is 0 Å². The first-order valence-corrected chi connectivity index (χ1v) is 8.44. The summed E-state index contributed by atoms with van der Waals surface area (Å²) in [5, 5.41) is 3.69. The number of nitrogens with one attached hydrogen (secondary N) is 1. The van der Waals surface area contributed by atoms with Gasteiger partial charge in [-0.05, 0) is 58.4 Å². The highest BCUT2D eigenvalue weighted by molar-refractivity contribution is 4.83. The zero-order valence-corrected chi connectivity index (χ0v) is 13.6. The Morgan fingerprint density at radius 3 is 2.16 bits per heavy atom. The van der Waals surface area contributed by atoms with E-state index in [4.69, 9.17) is 0 Å². The minimum absolute atomic E-state index is 0.724. The lowest BCUT2D eigenvalue weighted by molar-refractivity contribution is 0.180. The van der Waals surface area contributed by atoms with Crippen molar-refractivity contribution in [3.8, 4) is 0 Å². The normalized spacial score (nSPS) is 17.4. The molecule has 1 rings (SSSR count). The maximum absolute atomic E-state index is 3.69. The van der Waals surface area contributed by atoms with E-state index in [9.17, 15) is 0 Å². The Morgan fingerprint density at radius 1 is 1.00 bits per heavy atom. The highest BCUT2D eigenvalue weighted by Gasteiger charge is 2.23. The minimum Gasteiger partial charge on any atom is -0.312 e. The molecule has 1 aliphatic rings. The smallest absolute Gasteiger partial charge is 0.0218 e. The predicted octanol–water partition coefficient (Wildman–Crippen LogP) is 2.57. The second-order valence-corrected chi connectivity index (χ2v) is 5.75. The summed E-state index contributed by atoms with van der Waals surface area (Å²) in [6, 6.07) is 1.56. The summed E-state index contributed by atoms with van der Waals surface area (Å²) < 4.78 is 0. The molecule has 0 heterocycles. The molecule has 1 saturated carbocycles. The lowest BCUT2D eigenvalue weighted by atomic mass is 10.1. The average Bonchev–Trinajstić information content (AvgIpc) is 3.25. The molecule has 0 aromatic heterocycles. The second-order valence-electron chi connectivity index (χ2n) is 5.75. The van der Waals surface area contributed by atoms with Gasteiger partial charge >= 0.3 is 0 Å². The van der Waals surface area contributed by atoms with E-state index in [-0.39, 0.29) is 0 Å². The maximum atomic E-state index is 3.69. The summed E-state index contributed by atoms with van der Waals surface area (Å²) in [4.78, 5) is 5.19. The van der Waals surface area contributed by atoms with E-state index in [1.807, 2.05) is 0 Å². The van der Waals surface area contributed by atoms with Crippen LogP contribution in [0.25, 0.3) is 0 Å². The molecule has 1 N–H and O–H groups in total. The Morgan fingerprint density at radius 2 is 1.68 bits per heavy atom. The van der Waals surface area contributed by atoms with Gasteiger partial charge < -0.3 is 10.2 Å². The molecule has 3 heteroatoms. The Kier molecular flexibility index (Phi) is 8.67. The van der Waals surface area contributed by atoms with E-state index in [1.165, 1.54) is 65.0 Å². The van der Waals surface area contributed by atoms with Gasteiger partial charge in [-0.2, -0.15) is 0 Å². The van der Waals surface area contributed by atoms with E-state index in [2.05, 4.69) is 42.8 Å². The lowest BCUT2D eigenvalue weighted by Gasteiger charge is -2.31. The molecule has 1 aliphatic carbocycles. The molecule has 1 fully saturated rings. The fourth-order valence-corrected chi connectivity index (χ4v) is 2.76. The highest BCUT2D eigenvalue weighted by Crippen LogP contribution is 2.19. The van der Waals surface area contributed by atoms with Crippen molar-refractivity contribution in [2.45, 2.75) is 65.5 Å². The van der Waals surface area contributed by atoms with Crippen molar-refractivity contribution in [2.24, 2.45) is 0 Å². The van der Waals surface area contributed by atoms with Crippen molar-refractivity contribution in [3.05, 3.63) is 0 Å². The van der Waals surface area contributed by atoms with Gasteiger partial charge in [0.05, 0.1) is 0 Å². The van der Waals surface area contributed by atoms with Gasteiger partial charge in [0.1, 0.15) is 0 Å². The zero-order chi connectivity index (χ0) is 14.1. The van der Waals surface area contributed by atoms with E-state index < -0.39 is 0 Å². The average molecular weight is 269 g/mol. The summed E-state index contributed by atoms with van der Waals surface area (Å²) in [6.45, 7) is 16.4. The van der Waals surface area contributed by atoms with Gasteiger partial charge in [0.15, 0.2) is 0 Å². The Bertz CT molecular complexity index is 212. The molecule has 0 amide bonds. The number of hydrogen-bond acceptors (Lipinski definition) is 3. The largest absolute Gasteiger partial charge is 0.312 e. The molecule has 1 atom stereocenters. The predicted molar refractivity (Wildman–Crippen MR) is 84.8 cm³/mol. The molecule has 0 aromatic carbocycles. The molecule has 0 spiro atoms. The Balaban J connectivity index is 2.23. The summed E-state index contributed by atoms with van der Waals surface area (Å²) in [5.74, 6) is 0. The van der Waals surface area contributed by atoms with Crippen molar-refractivity contribution in [1.82, 2.24) is 15.1 Å². The van der Waals surface area contributed by atoms with E-state index >= 15 is 0 Å². The van der Waals surface area contributed by atoms with Crippen molar-refractivity contribution < 1.29 is 0 Å². The third-order valence-electron chi connectivity index (χ3n) is 4.43. The van der Waals surface area contributed by atoms with Crippen LogP contribution in [0.4, 0.5) is 0 Å². The zero-order valence-electron chi connectivity index (χ0n) is 13.6. The number of likely N-dealkylation sites (N-methyl/N-ethyl adjacent to an activating group) is 1. The van der Waals surface area contributed by atoms with E-state index in [0.29, 0.717) is 0 Å². The van der Waals surface area contributed by atoms with Gasteiger partial charge in [-0.1, -0.05) is 27.7 Å². The summed E-state index contributed by atoms with van der Waals surface area (Å²) in [7, 11) is 0. The van der Waals surface area contributed by atoms with Crippen molar-refractivity contribution >= 4 is 0 Å². The van der Waals surface area contributed by atoms with Crippen LogP contribution in [-0.2, 0) is 0 Å². The van der Waals surface area contributed by atoms with Crippen LogP contribution in [0.1, 0.15) is 53.4 Å². The van der Waals surface area contributed by atoms with Gasteiger partial charge in [-0.3, -0.25) is 4.90 Å². The SMILES string of the molecule is CCC(CNC1CC1)N(CC)CCCN(CC)CC. The molecule has 0 aliphatic heterocycles. The first-order chi connectivity index (χ1) is 9.24. The summed E-state index contributed by atoms with van der Waals surface area (Å²) >= 11 is 0. The van der Waals surface area contributed by atoms with E-state index in [0.717, 1.165) is 12.1 Å². The third kappa shape index (κ3) is 6.73. The quantitative estimate of drug-likeness (QED) is 0.587. The first-order valence-electron chi connectivity index (χ1n) is 8.44. The van der Waals surface area contributed by atoms with Crippen LogP contribution in [0.15, 0.2) is 0 Å². The fraction of sp³-hybridized carbons (Fsp3) is 1.00. The molecule has 0 saturated heterocycles. The van der Waals surface area contributed by atoms with Gasteiger partial charge in [-0.15, -0.1) is 0 Å². The molecule has 0 radical (unpaired) electrons. The van der Waals surface area contributed by atoms with Crippen molar-refractivity contribution in [2.75, 3.05) is 39.3 Å². The molecular formula is C16H35N3. The topological polar surface area (TPSA) is 18.5 Å². The van der Waals surface area contributed by atoms with Gasteiger partial charge in [-0.25, -0.2) is 0 Å². The van der Waals surface area contributed by atoms with E-state index in [1.54, 1.807) is 0 Å². The highest BCUT2D eigenvalue weighted by atomic mass is 15.2. The second kappa shape index (κ2) is 9.73.